The van der Waals surface area contributed by atoms with E-state index in [1.165, 1.54) is 11.1 Å². The fourth-order valence-corrected chi connectivity index (χ4v) is 4.03. The zero-order valence-corrected chi connectivity index (χ0v) is 17.3. The number of aryl methyl sites for hydroxylation is 1. The Labute approximate surface area is 176 Å². The molecule has 156 valence electrons. The van der Waals surface area contributed by atoms with Crippen LogP contribution in [0, 0.1) is 0 Å². The number of Topliss-reactive ketones (excluding diaryl/α,β-unsaturated/α-hetero) is 1. The first-order valence-electron chi connectivity index (χ1n) is 9.88. The van der Waals surface area contributed by atoms with Crippen LogP contribution in [-0.2, 0) is 22.4 Å². The minimum atomic E-state index is -0.420. The number of ketones is 1. The van der Waals surface area contributed by atoms with Gasteiger partial charge >= 0.3 is 0 Å². The highest BCUT2D eigenvalue weighted by atomic mass is 35.5. The Balaban J connectivity index is 0.00000117. The van der Waals surface area contributed by atoms with Crippen LogP contribution < -0.4 is 4.74 Å². The molecular weight excluding hydrogens is 392 g/mol. The number of hydrogen-bond acceptors (Lipinski definition) is 5. The van der Waals surface area contributed by atoms with Gasteiger partial charge in [-0.05, 0) is 53.6 Å². The second-order valence-corrected chi connectivity index (χ2v) is 7.71. The van der Waals surface area contributed by atoms with Gasteiger partial charge in [0.1, 0.15) is 11.5 Å². The quantitative estimate of drug-likeness (QED) is 0.792. The first-order chi connectivity index (χ1) is 14.1. The van der Waals surface area contributed by atoms with Crippen LogP contribution in [0.5, 0.6) is 5.75 Å². The predicted molar refractivity (Wildman–Crippen MR) is 112 cm³/mol. The molecule has 1 fully saturated rings. The summed E-state index contributed by atoms with van der Waals surface area (Å²) in [5.74, 6) is 1.10. The minimum absolute atomic E-state index is 0.122. The van der Waals surface area contributed by atoms with E-state index in [9.17, 15) is 9.90 Å². The molecule has 2 aliphatic rings. The third-order valence-electron chi connectivity index (χ3n) is 5.24. The first kappa shape index (κ1) is 21.8. The van der Waals surface area contributed by atoms with Crippen LogP contribution in [0.25, 0.3) is 0 Å². The average Bonchev–Trinajstić information content (AvgIpc) is 2.76. The molecule has 1 saturated heterocycles. The molecule has 0 aliphatic carbocycles. The number of aliphatic hydroxyl groups excluding tert-OH is 2. The van der Waals surface area contributed by atoms with Crippen molar-refractivity contribution < 1.29 is 24.5 Å². The van der Waals surface area contributed by atoms with E-state index in [1.54, 1.807) is 0 Å². The van der Waals surface area contributed by atoms with Crippen LogP contribution >= 0.6 is 11.6 Å². The Hall–Kier alpha value is -1.92. The standard InChI is InChI=1S/C22H23ClO4.CH4O/c23-20-5-4-16(22-12-18(25)11-19(13-24)27-22)10-17(20)9-14-3-6-21-15(8-14)2-1-7-26-21;1-2/h3-6,8,10,19,22,24H,1-2,7,9,11-13H2;2H,1H3. The van der Waals surface area contributed by atoms with Crippen molar-refractivity contribution in [2.75, 3.05) is 20.3 Å². The highest BCUT2D eigenvalue weighted by Gasteiger charge is 2.28. The summed E-state index contributed by atoms with van der Waals surface area (Å²) in [6, 6.07) is 12.1. The molecule has 2 aromatic carbocycles. The van der Waals surface area contributed by atoms with Gasteiger partial charge in [-0.1, -0.05) is 35.9 Å². The maximum atomic E-state index is 12.0. The van der Waals surface area contributed by atoms with Gasteiger partial charge in [0, 0.05) is 25.0 Å². The van der Waals surface area contributed by atoms with Gasteiger partial charge in [0.2, 0.25) is 0 Å². The lowest BCUT2D eigenvalue weighted by Gasteiger charge is -2.28. The number of hydrogen-bond donors (Lipinski definition) is 2. The molecule has 0 bridgehead atoms. The van der Waals surface area contributed by atoms with Gasteiger partial charge < -0.3 is 19.7 Å². The molecule has 6 heteroatoms. The van der Waals surface area contributed by atoms with Crippen molar-refractivity contribution in [3.8, 4) is 5.75 Å². The molecule has 2 aliphatic heterocycles. The summed E-state index contributed by atoms with van der Waals surface area (Å²) < 4.78 is 11.6. The molecule has 4 rings (SSSR count). The third kappa shape index (κ3) is 5.37. The zero-order chi connectivity index (χ0) is 20.8. The molecule has 2 N–H and O–H groups in total. The van der Waals surface area contributed by atoms with Gasteiger partial charge in [-0.3, -0.25) is 4.79 Å². The average molecular weight is 419 g/mol. The molecule has 0 aromatic heterocycles. The first-order valence-corrected chi connectivity index (χ1v) is 10.3. The van der Waals surface area contributed by atoms with Crippen molar-refractivity contribution in [3.05, 3.63) is 63.7 Å². The fraction of sp³-hybridized carbons (Fsp3) is 0.435. The summed E-state index contributed by atoms with van der Waals surface area (Å²) in [6.45, 7) is 0.648. The highest BCUT2D eigenvalue weighted by molar-refractivity contribution is 6.31. The lowest BCUT2D eigenvalue weighted by Crippen LogP contribution is -2.30. The maximum Gasteiger partial charge on any atom is 0.138 e. The monoisotopic (exact) mass is 418 g/mol. The zero-order valence-electron chi connectivity index (χ0n) is 16.6. The fourth-order valence-electron chi connectivity index (χ4n) is 3.85. The molecule has 5 nitrogen and oxygen atoms in total. The molecule has 2 heterocycles. The SMILES string of the molecule is CO.O=C1CC(CO)OC(c2ccc(Cl)c(Cc3ccc4c(c3)CCCO4)c2)C1. The van der Waals surface area contributed by atoms with E-state index < -0.39 is 6.10 Å². The number of halogens is 1. The lowest BCUT2D eigenvalue weighted by atomic mass is 9.94. The topological polar surface area (TPSA) is 76.0 Å². The van der Waals surface area contributed by atoms with Gasteiger partial charge in [-0.15, -0.1) is 0 Å². The van der Waals surface area contributed by atoms with E-state index in [1.807, 2.05) is 24.3 Å². The molecule has 0 radical (unpaired) electrons. The number of fused-ring (bicyclic) bond motifs is 1. The summed E-state index contributed by atoms with van der Waals surface area (Å²) in [5.41, 5.74) is 4.38. The summed E-state index contributed by atoms with van der Waals surface area (Å²) >= 11 is 6.44. The minimum Gasteiger partial charge on any atom is -0.493 e. The van der Waals surface area contributed by atoms with Crippen LogP contribution in [0.3, 0.4) is 0 Å². The Morgan fingerprint density at radius 1 is 1.14 bits per heavy atom. The molecule has 2 unspecified atom stereocenters. The maximum absolute atomic E-state index is 12.0. The van der Waals surface area contributed by atoms with E-state index in [-0.39, 0.29) is 24.9 Å². The number of rotatable bonds is 4. The van der Waals surface area contributed by atoms with Crippen molar-refractivity contribution in [2.45, 2.75) is 44.3 Å². The number of carbonyl (C=O) groups excluding carboxylic acids is 1. The van der Waals surface area contributed by atoms with Crippen LogP contribution in [0.2, 0.25) is 5.02 Å². The van der Waals surface area contributed by atoms with Crippen LogP contribution in [0.4, 0.5) is 0 Å². The Morgan fingerprint density at radius 2 is 1.97 bits per heavy atom. The summed E-state index contributed by atoms with van der Waals surface area (Å²) in [4.78, 5) is 12.0. The molecule has 0 amide bonds. The molecule has 0 spiro atoms. The Kier molecular flexibility index (Phi) is 7.67. The van der Waals surface area contributed by atoms with E-state index in [4.69, 9.17) is 26.2 Å². The molecule has 2 atom stereocenters. The smallest absolute Gasteiger partial charge is 0.138 e. The number of benzene rings is 2. The normalized spacial score (nSPS) is 20.9. The van der Waals surface area contributed by atoms with E-state index in [0.29, 0.717) is 17.9 Å². The summed E-state index contributed by atoms with van der Waals surface area (Å²) in [7, 11) is 1.00. The van der Waals surface area contributed by atoms with Crippen molar-refractivity contribution in [2.24, 2.45) is 0 Å². The Bertz CT molecular complexity index is 851. The van der Waals surface area contributed by atoms with E-state index in [2.05, 4.69) is 12.1 Å². The van der Waals surface area contributed by atoms with Crippen molar-refractivity contribution in [1.82, 2.24) is 0 Å². The van der Waals surface area contributed by atoms with E-state index >= 15 is 0 Å². The molecular formula is C23H27ClO5. The number of aliphatic hydroxyl groups is 2. The van der Waals surface area contributed by atoms with Gasteiger partial charge in [-0.25, -0.2) is 0 Å². The van der Waals surface area contributed by atoms with E-state index in [0.717, 1.165) is 43.4 Å². The number of ether oxygens (including phenoxy) is 2. The second-order valence-electron chi connectivity index (χ2n) is 7.30. The largest absolute Gasteiger partial charge is 0.493 e. The molecule has 2 aromatic rings. The van der Waals surface area contributed by atoms with Crippen LogP contribution in [0.1, 0.15) is 47.6 Å². The number of carbonyl (C=O) groups is 1. The summed E-state index contributed by atoms with van der Waals surface area (Å²) in [6.07, 6.45) is 2.68. The van der Waals surface area contributed by atoms with Crippen molar-refractivity contribution in [3.63, 3.8) is 0 Å². The van der Waals surface area contributed by atoms with Crippen LogP contribution in [0.15, 0.2) is 36.4 Å². The van der Waals surface area contributed by atoms with Crippen LogP contribution in [-0.4, -0.2) is 42.4 Å². The molecule has 0 saturated carbocycles. The van der Waals surface area contributed by atoms with Crippen molar-refractivity contribution in [1.29, 1.82) is 0 Å². The third-order valence-corrected chi connectivity index (χ3v) is 5.61. The highest BCUT2D eigenvalue weighted by Crippen LogP contribution is 2.33. The Morgan fingerprint density at radius 3 is 2.76 bits per heavy atom. The van der Waals surface area contributed by atoms with Crippen molar-refractivity contribution >= 4 is 17.4 Å². The predicted octanol–water partition coefficient (Wildman–Crippen LogP) is 3.65. The van der Waals surface area contributed by atoms with Gasteiger partial charge in [0.25, 0.3) is 0 Å². The van der Waals surface area contributed by atoms with Gasteiger partial charge in [-0.2, -0.15) is 0 Å². The molecule has 29 heavy (non-hydrogen) atoms. The second kappa shape index (κ2) is 10.2. The summed E-state index contributed by atoms with van der Waals surface area (Å²) in [5, 5.41) is 17.1. The lowest BCUT2D eigenvalue weighted by molar-refractivity contribution is -0.139. The van der Waals surface area contributed by atoms with Gasteiger partial charge in [0.05, 0.1) is 25.4 Å². The van der Waals surface area contributed by atoms with Gasteiger partial charge in [0.15, 0.2) is 0 Å².